The summed E-state index contributed by atoms with van der Waals surface area (Å²) in [6.07, 6.45) is -0.815. The van der Waals surface area contributed by atoms with Crippen molar-refractivity contribution >= 4 is 12.2 Å². The van der Waals surface area contributed by atoms with Crippen LogP contribution in [0, 0.1) is 0 Å². The Labute approximate surface area is 86.0 Å². The highest BCUT2D eigenvalue weighted by atomic mass is 16.5. The van der Waals surface area contributed by atoms with Gasteiger partial charge in [0.2, 0.25) is 0 Å². The highest BCUT2D eigenvalue weighted by molar-refractivity contribution is 5.66. The third-order valence-corrected chi connectivity index (χ3v) is 0.779. The molecule has 0 atom stereocenters. The van der Waals surface area contributed by atoms with Crippen molar-refractivity contribution in [2.24, 2.45) is 0 Å². The first kappa shape index (κ1) is 22.9. The van der Waals surface area contributed by atoms with Crippen molar-refractivity contribution in [3.05, 3.63) is 0 Å². The number of amides is 2. The van der Waals surface area contributed by atoms with Gasteiger partial charge >= 0.3 is 12.2 Å². The summed E-state index contributed by atoms with van der Waals surface area (Å²) in [7, 11) is 5.65. The fourth-order valence-corrected chi connectivity index (χ4v) is 0.204. The Morgan fingerprint density at radius 3 is 1.07 bits per heavy atom. The Balaban J connectivity index is -0.0000000625. The molecule has 0 aromatic heterocycles. The van der Waals surface area contributed by atoms with Crippen LogP contribution in [-0.4, -0.2) is 40.5 Å². The van der Waals surface area contributed by atoms with Gasteiger partial charge in [-0.1, -0.05) is 14.9 Å². The van der Waals surface area contributed by atoms with E-state index < -0.39 is 12.2 Å². The van der Waals surface area contributed by atoms with Crippen LogP contribution < -0.4 is 10.6 Å². The number of carbonyl (C=O) groups is 2. The summed E-state index contributed by atoms with van der Waals surface area (Å²) < 4.78 is 8.30. The molecular formula is C8H22N2O4. The van der Waals surface area contributed by atoms with Gasteiger partial charge < -0.3 is 20.1 Å². The molecule has 14 heavy (non-hydrogen) atoms. The first-order valence-electron chi connectivity index (χ1n) is 3.13. The minimum atomic E-state index is -0.407. The van der Waals surface area contributed by atoms with E-state index in [4.69, 9.17) is 0 Å². The lowest BCUT2D eigenvalue weighted by atomic mass is 11.1. The maximum Gasteiger partial charge on any atom is 0.406 e. The third-order valence-electron chi connectivity index (χ3n) is 0.779. The van der Waals surface area contributed by atoms with Gasteiger partial charge in [-0.3, -0.25) is 0 Å². The average Bonchev–Trinajstić information content (AvgIpc) is 2.16. The predicted octanol–water partition coefficient (Wildman–Crippen LogP) is 1.22. The molecule has 88 valence electrons. The molecule has 2 amide bonds. The molecule has 2 N–H and O–H groups in total. The molecule has 0 radical (unpaired) electrons. The van der Waals surface area contributed by atoms with Gasteiger partial charge in [-0.25, -0.2) is 9.59 Å². The number of ether oxygens (including phenoxy) is 2. The van der Waals surface area contributed by atoms with Crippen molar-refractivity contribution in [1.29, 1.82) is 0 Å². The molecule has 0 aliphatic rings. The van der Waals surface area contributed by atoms with Gasteiger partial charge in [0.15, 0.2) is 0 Å². The second-order valence-electron chi connectivity index (χ2n) is 1.48. The zero-order valence-electron chi connectivity index (χ0n) is 7.63. The largest absolute Gasteiger partial charge is 0.453 e. The lowest BCUT2D eigenvalue weighted by Gasteiger charge is -1.90. The molecule has 0 aromatic carbocycles. The first-order chi connectivity index (χ1) is 5.62. The highest BCUT2D eigenvalue weighted by Crippen LogP contribution is 1.62. The second-order valence-corrected chi connectivity index (χ2v) is 1.48. The van der Waals surface area contributed by atoms with Crippen molar-refractivity contribution in [1.82, 2.24) is 10.6 Å². The fraction of sp³-hybridized carbons (Fsp3) is 0.750. The molecule has 0 rings (SSSR count). The molecule has 0 saturated heterocycles. The molecule has 0 saturated carbocycles. The summed E-state index contributed by atoms with van der Waals surface area (Å²) in [4.78, 5) is 19.7. The van der Waals surface area contributed by atoms with E-state index in [2.05, 4.69) is 20.1 Å². The number of carbonyl (C=O) groups excluding carboxylic acids is 2. The van der Waals surface area contributed by atoms with Gasteiger partial charge in [-0.05, 0) is 0 Å². The van der Waals surface area contributed by atoms with E-state index in [9.17, 15) is 9.59 Å². The minimum absolute atomic E-state index is 0. The number of hydrogen-bond donors (Lipinski definition) is 2. The zero-order chi connectivity index (χ0) is 9.98. The summed E-state index contributed by atoms with van der Waals surface area (Å²) in [5.41, 5.74) is 0. The Bertz CT molecular complexity index is 111. The normalized spacial score (nSPS) is 6.00. The number of rotatable bonds is 0. The topological polar surface area (TPSA) is 76.7 Å². The smallest absolute Gasteiger partial charge is 0.406 e. The summed E-state index contributed by atoms with van der Waals surface area (Å²) in [5.74, 6) is 0. The molecule has 0 spiro atoms. The second kappa shape index (κ2) is 17.6. The molecule has 0 unspecified atom stereocenters. The minimum Gasteiger partial charge on any atom is -0.453 e. The van der Waals surface area contributed by atoms with Crippen molar-refractivity contribution in [3.63, 3.8) is 0 Å². The van der Waals surface area contributed by atoms with E-state index in [1.54, 1.807) is 0 Å². The molecule has 6 heteroatoms. The quantitative estimate of drug-likeness (QED) is 0.630. The predicted molar refractivity (Wildman–Crippen MR) is 56.4 cm³/mol. The van der Waals surface area contributed by atoms with Crippen LogP contribution in [0.5, 0.6) is 0 Å². The lowest BCUT2D eigenvalue weighted by Crippen LogP contribution is -2.16. The standard InChI is InChI=1S/2C3H7NO2.2CH4/c2*1-4-3(5)6-2;;/h2*1-2H3,(H,4,5);2*1H4. The highest BCUT2D eigenvalue weighted by Gasteiger charge is 1.85. The van der Waals surface area contributed by atoms with Crippen LogP contribution in [0.4, 0.5) is 9.59 Å². The Morgan fingerprint density at radius 2 is 1.07 bits per heavy atom. The SMILES string of the molecule is C.C.CNC(=O)OC.CNC(=O)OC. The average molecular weight is 210 g/mol. The summed E-state index contributed by atoms with van der Waals surface area (Å²) in [5, 5.41) is 4.51. The van der Waals surface area contributed by atoms with Gasteiger partial charge in [0.05, 0.1) is 14.2 Å². The number of nitrogens with one attached hydrogen (secondary N) is 2. The zero-order valence-corrected chi connectivity index (χ0v) is 7.63. The Morgan fingerprint density at radius 1 is 0.857 bits per heavy atom. The number of methoxy groups -OCH3 is 2. The van der Waals surface area contributed by atoms with Gasteiger partial charge in [-0.15, -0.1) is 0 Å². The van der Waals surface area contributed by atoms with Crippen LogP contribution in [0.25, 0.3) is 0 Å². The van der Waals surface area contributed by atoms with Crippen molar-refractivity contribution in [2.75, 3.05) is 28.3 Å². The third kappa shape index (κ3) is 22.4. The van der Waals surface area contributed by atoms with Crippen molar-refractivity contribution in [2.45, 2.75) is 14.9 Å². The van der Waals surface area contributed by atoms with Crippen molar-refractivity contribution < 1.29 is 19.1 Å². The van der Waals surface area contributed by atoms with Crippen LogP contribution in [0.15, 0.2) is 0 Å². The van der Waals surface area contributed by atoms with Gasteiger partial charge in [0.1, 0.15) is 0 Å². The van der Waals surface area contributed by atoms with Crippen molar-refractivity contribution in [3.8, 4) is 0 Å². The molecule has 0 heterocycles. The first-order valence-corrected chi connectivity index (χ1v) is 3.13. The molecule has 6 nitrogen and oxygen atoms in total. The van der Waals surface area contributed by atoms with E-state index in [0.29, 0.717) is 0 Å². The maximum atomic E-state index is 9.85. The van der Waals surface area contributed by atoms with Gasteiger partial charge in [0.25, 0.3) is 0 Å². The Hall–Kier alpha value is -1.46. The van der Waals surface area contributed by atoms with E-state index in [-0.39, 0.29) is 14.9 Å². The monoisotopic (exact) mass is 210 g/mol. The van der Waals surface area contributed by atoms with Crippen LogP contribution in [-0.2, 0) is 9.47 Å². The van der Waals surface area contributed by atoms with Gasteiger partial charge in [0, 0.05) is 14.1 Å². The number of hydrogen-bond acceptors (Lipinski definition) is 4. The number of alkyl carbamates (subject to hydrolysis) is 2. The summed E-state index contributed by atoms with van der Waals surface area (Å²) in [6.45, 7) is 0. The fourth-order valence-electron chi connectivity index (χ4n) is 0.204. The molecular weight excluding hydrogens is 188 g/mol. The van der Waals surface area contributed by atoms with E-state index >= 15 is 0 Å². The van der Waals surface area contributed by atoms with Crippen LogP contribution in [0.1, 0.15) is 14.9 Å². The van der Waals surface area contributed by atoms with Crippen LogP contribution in [0.2, 0.25) is 0 Å². The van der Waals surface area contributed by atoms with Crippen LogP contribution >= 0.6 is 0 Å². The molecule has 0 aliphatic carbocycles. The lowest BCUT2D eigenvalue weighted by molar-refractivity contribution is 0.172. The van der Waals surface area contributed by atoms with Crippen LogP contribution in [0.3, 0.4) is 0 Å². The Kier molecular flexibility index (Phi) is 28.7. The summed E-state index contributed by atoms with van der Waals surface area (Å²) >= 11 is 0. The van der Waals surface area contributed by atoms with Gasteiger partial charge in [-0.2, -0.15) is 0 Å². The van der Waals surface area contributed by atoms with E-state index in [0.717, 1.165) is 0 Å². The molecule has 0 fully saturated rings. The molecule has 0 aromatic rings. The maximum absolute atomic E-state index is 9.85. The van der Waals surface area contributed by atoms with E-state index in [1.807, 2.05) is 0 Å². The van der Waals surface area contributed by atoms with E-state index in [1.165, 1.54) is 28.3 Å². The summed E-state index contributed by atoms with van der Waals surface area (Å²) in [6, 6.07) is 0. The molecule has 0 aliphatic heterocycles. The molecule has 0 bridgehead atoms.